The molecule has 0 aliphatic carbocycles. The quantitative estimate of drug-likeness (QED) is 0.918. The molecule has 2 aromatic rings. The Morgan fingerprint density at radius 3 is 2.33 bits per heavy atom. The second kappa shape index (κ2) is 6.00. The number of hydrogen-bond acceptors (Lipinski definition) is 2. The summed E-state index contributed by atoms with van der Waals surface area (Å²) in [4.78, 5) is 11.3. The predicted octanol–water partition coefficient (Wildman–Crippen LogP) is 4.11. The first kappa shape index (κ1) is 15.1. The largest absolute Gasteiger partial charge is 0.441 e. The minimum atomic E-state index is -0.760. The third-order valence-corrected chi connectivity index (χ3v) is 3.75. The van der Waals surface area contributed by atoms with Crippen LogP contribution in [0.2, 0.25) is 0 Å². The SMILES string of the molecule is Cc1cccc(C(C)(C)C(OC(N)=O)c2ccccc2)c1. The fraction of sp³-hybridized carbons (Fsp3) is 0.278. The first-order valence-electron chi connectivity index (χ1n) is 6.99. The molecule has 0 saturated carbocycles. The van der Waals surface area contributed by atoms with Crippen molar-refractivity contribution in [2.45, 2.75) is 32.3 Å². The van der Waals surface area contributed by atoms with Crippen molar-refractivity contribution in [3.63, 3.8) is 0 Å². The second-order valence-electron chi connectivity index (χ2n) is 5.82. The summed E-state index contributed by atoms with van der Waals surface area (Å²) in [5.74, 6) is 0. The van der Waals surface area contributed by atoms with Crippen molar-refractivity contribution in [3.8, 4) is 0 Å². The summed E-state index contributed by atoms with van der Waals surface area (Å²) >= 11 is 0. The van der Waals surface area contributed by atoms with E-state index in [2.05, 4.69) is 19.9 Å². The van der Waals surface area contributed by atoms with E-state index in [4.69, 9.17) is 10.5 Å². The molecule has 1 atom stereocenters. The van der Waals surface area contributed by atoms with Crippen molar-refractivity contribution in [3.05, 3.63) is 71.3 Å². The van der Waals surface area contributed by atoms with E-state index < -0.39 is 12.2 Å². The molecule has 0 fully saturated rings. The van der Waals surface area contributed by atoms with Crippen LogP contribution in [0.1, 0.15) is 36.6 Å². The molecule has 0 bridgehead atoms. The number of ether oxygens (including phenoxy) is 1. The third kappa shape index (κ3) is 3.43. The summed E-state index contributed by atoms with van der Waals surface area (Å²) < 4.78 is 5.43. The maximum absolute atomic E-state index is 11.3. The maximum Gasteiger partial charge on any atom is 0.405 e. The van der Waals surface area contributed by atoms with Crippen molar-refractivity contribution in [2.24, 2.45) is 5.73 Å². The summed E-state index contributed by atoms with van der Waals surface area (Å²) in [7, 11) is 0. The van der Waals surface area contributed by atoms with E-state index in [0.717, 1.165) is 11.1 Å². The molecule has 0 heterocycles. The maximum atomic E-state index is 11.3. The van der Waals surface area contributed by atoms with E-state index in [-0.39, 0.29) is 5.41 Å². The van der Waals surface area contributed by atoms with E-state index in [1.807, 2.05) is 55.5 Å². The van der Waals surface area contributed by atoms with Gasteiger partial charge in [0.25, 0.3) is 0 Å². The van der Waals surface area contributed by atoms with Crippen molar-refractivity contribution < 1.29 is 9.53 Å². The summed E-state index contributed by atoms with van der Waals surface area (Å²) in [5, 5.41) is 0. The third-order valence-electron chi connectivity index (χ3n) is 3.75. The van der Waals surface area contributed by atoms with Crippen molar-refractivity contribution in [1.29, 1.82) is 0 Å². The van der Waals surface area contributed by atoms with Crippen LogP contribution >= 0.6 is 0 Å². The Balaban J connectivity index is 2.46. The topological polar surface area (TPSA) is 52.3 Å². The zero-order chi connectivity index (χ0) is 15.5. The van der Waals surface area contributed by atoms with Gasteiger partial charge in [0.15, 0.2) is 0 Å². The van der Waals surface area contributed by atoms with Crippen LogP contribution in [0.25, 0.3) is 0 Å². The normalized spacial score (nSPS) is 12.7. The molecule has 0 radical (unpaired) electrons. The van der Waals surface area contributed by atoms with Gasteiger partial charge in [-0.3, -0.25) is 0 Å². The van der Waals surface area contributed by atoms with Gasteiger partial charge in [-0.05, 0) is 18.1 Å². The van der Waals surface area contributed by atoms with Crippen molar-refractivity contribution in [2.75, 3.05) is 0 Å². The van der Waals surface area contributed by atoms with Crippen LogP contribution in [0, 0.1) is 6.92 Å². The smallest absolute Gasteiger partial charge is 0.405 e. The molecule has 2 aromatic carbocycles. The lowest BCUT2D eigenvalue weighted by Gasteiger charge is -2.34. The van der Waals surface area contributed by atoms with Gasteiger partial charge >= 0.3 is 6.09 Å². The molecule has 0 aliphatic heterocycles. The van der Waals surface area contributed by atoms with E-state index in [1.165, 1.54) is 5.56 Å². The lowest BCUT2D eigenvalue weighted by Crippen LogP contribution is -2.32. The van der Waals surface area contributed by atoms with Gasteiger partial charge in [0.05, 0.1) is 0 Å². The Kier molecular flexibility index (Phi) is 4.32. The molecule has 1 unspecified atom stereocenters. The molecule has 2 rings (SSSR count). The monoisotopic (exact) mass is 283 g/mol. The minimum absolute atomic E-state index is 0.387. The number of amides is 1. The molecule has 3 nitrogen and oxygen atoms in total. The van der Waals surface area contributed by atoms with Gasteiger partial charge in [0, 0.05) is 5.41 Å². The molecule has 1 amide bonds. The summed E-state index contributed by atoms with van der Waals surface area (Å²) in [5.41, 5.74) is 8.10. The van der Waals surface area contributed by atoms with Crippen molar-refractivity contribution in [1.82, 2.24) is 0 Å². The highest BCUT2D eigenvalue weighted by atomic mass is 16.6. The first-order valence-corrected chi connectivity index (χ1v) is 6.99. The summed E-state index contributed by atoms with van der Waals surface area (Å²) in [6.07, 6.45) is -1.19. The standard InChI is InChI=1S/C18H21NO2/c1-13-8-7-11-15(12-13)18(2,3)16(21-17(19)20)14-9-5-4-6-10-14/h4-12,16H,1-3H3,(H2,19,20). The fourth-order valence-corrected chi connectivity index (χ4v) is 2.57. The van der Waals surface area contributed by atoms with Crippen LogP contribution in [-0.2, 0) is 10.2 Å². The highest BCUT2D eigenvalue weighted by Gasteiger charge is 2.35. The Bertz CT molecular complexity index is 620. The number of carbonyl (C=O) groups is 1. The number of rotatable bonds is 4. The minimum Gasteiger partial charge on any atom is -0.441 e. The predicted molar refractivity (Wildman–Crippen MR) is 84.1 cm³/mol. The lowest BCUT2D eigenvalue weighted by molar-refractivity contribution is 0.0621. The summed E-state index contributed by atoms with van der Waals surface area (Å²) in [6.45, 7) is 6.16. The van der Waals surface area contributed by atoms with E-state index in [0.29, 0.717) is 0 Å². The number of hydrogen-bond donors (Lipinski definition) is 1. The van der Waals surface area contributed by atoms with Gasteiger partial charge in [-0.2, -0.15) is 0 Å². The van der Waals surface area contributed by atoms with Gasteiger partial charge in [0.2, 0.25) is 0 Å². The van der Waals surface area contributed by atoms with Gasteiger partial charge in [-0.1, -0.05) is 74.0 Å². The molecule has 0 aliphatic rings. The number of nitrogens with two attached hydrogens (primary N) is 1. The summed E-state index contributed by atoms with van der Waals surface area (Å²) in [6, 6.07) is 17.9. The lowest BCUT2D eigenvalue weighted by atomic mass is 9.76. The highest BCUT2D eigenvalue weighted by Crippen LogP contribution is 2.39. The fourth-order valence-electron chi connectivity index (χ4n) is 2.57. The zero-order valence-electron chi connectivity index (χ0n) is 12.7. The molecule has 0 aromatic heterocycles. The number of benzene rings is 2. The zero-order valence-corrected chi connectivity index (χ0v) is 12.7. The Morgan fingerprint density at radius 1 is 1.10 bits per heavy atom. The second-order valence-corrected chi connectivity index (χ2v) is 5.82. The van der Waals surface area contributed by atoms with E-state index in [9.17, 15) is 4.79 Å². The highest BCUT2D eigenvalue weighted by molar-refractivity contribution is 5.65. The average Bonchev–Trinajstić information content (AvgIpc) is 2.45. The molecule has 0 spiro atoms. The van der Waals surface area contributed by atoms with Crippen LogP contribution in [-0.4, -0.2) is 6.09 Å². The molecule has 21 heavy (non-hydrogen) atoms. The average molecular weight is 283 g/mol. The van der Waals surface area contributed by atoms with Crippen LogP contribution < -0.4 is 5.73 Å². The molecule has 2 N–H and O–H groups in total. The molecule has 110 valence electrons. The van der Waals surface area contributed by atoms with Gasteiger partial charge in [-0.15, -0.1) is 0 Å². The van der Waals surface area contributed by atoms with Crippen molar-refractivity contribution >= 4 is 6.09 Å². The Morgan fingerprint density at radius 2 is 1.76 bits per heavy atom. The van der Waals surface area contributed by atoms with Crippen LogP contribution in [0.5, 0.6) is 0 Å². The molecular formula is C18H21NO2. The van der Waals surface area contributed by atoms with Gasteiger partial charge in [-0.25, -0.2) is 4.79 Å². The Hall–Kier alpha value is -2.29. The van der Waals surface area contributed by atoms with Crippen LogP contribution in [0.4, 0.5) is 4.79 Å². The van der Waals surface area contributed by atoms with E-state index in [1.54, 1.807) is 0 Å². The number of aryl methyl sites for hydroxylation is 1. The first-order chi connectivity index (χ1) is 9.91. The van der Waals surface area contributed by atoms with Gasteiger partial charge in [0.1, 0.15) is 6.10 Å². The molecule has 0 saturated heterocycles. The van der Waals surface area contributed by atoms with Crippen LogP contribution in [0.3, 0.4) is 0 Å². The van der Waals surface area contributed by atoms with Gasteiger partial charge < -0.3 is 10.5 Å². The Labute approximate surface area is 125 Å². The number of carbonyl (C=O) groups excluding carboxylic acids is 1. The van der Waals surface area contributed by atoms with E-state index >= 15 is 0 Å². The number of primary amides is 1. The van der Waals surface area contributed by atoms with Crippen LogP contribution in [0.15, 0.2) is 54.6 Å². The molecular weight excluding hydrogens is 262 g/mol. The molecule has 3 heteroatoms.